The van der Waals surface area contributed by atoms with Crippen LogP contribution in [0.2, 0.25) is 0 Å². The van der Waals surface area contributed by atoms with Crippen molar-refractivity contribution < 1.29 is 4.79 Å². The molecule has 0 aliphatic rings. The lowest BCUT2D eigenvalue weighted by Gasteiger charge is -1.97. The zero-order chi connectivity index (χ0) is 9.14. The number of hydrogen-bond donors (Lipinski definition) is 2. The smallest absolute Gasteiger partial charge is 0.279 e. The van der Waals surface area contributed by atoms with E-state index in [0.717, 1.165) is 5.01 Å². The van der Waals surface area contributed by atoms with Gasteiger partial charge < -0.3 is 11.5 Å². The lowest BCUT2D eigenvalue weighted by molar-refractivity contribution is 0.0999. The molecule has 66 valence electrons. The van der Waals surface area contributed by atoms with Crippen LogP contribution in [0.3, 0.4) is 0 Å². The van der Waals surface area contributed by atoms with Crippen molar-refractivity contribution in [1.82, 2.24) is 10.2 Å². The number of nitrogens with zero attached hydrogens (tertiary/aromatic N) is 2. The predicted molar refractivity (Wildman–Crippen MR) is 45.8 cm³/mol. The summed E-state index contributed by atoms with van der Waals surface area (Å²) >= 11 is 1.19. The van der Waals surface area contributed by atoms with Crippen LogP contribution in [0.5, 0.6) is 0 Å². The molecule has 0 bridgehead atoms. The first kappa shape index (κ1) is 9.08. The number of nitrogens with two attached hydrogens (primary N) is 2. The maximum atomic E-state index is 10.6. The summed E-state index contributed by atoms with van der Waals surface area (Å²) in [7, 11) is 0. The lowest BCUT2D eigenvalue weighted by atomic mass is 10.3. The first-order chi connectivity index (χ1) is 5.59. The largest absolute Gasteiger partial charge is 0.363 e. The van der Waals surface area contributed by atoms with Crippen LogP contribution in [0.4, 0.5) is 0 Å². The summed E-state index contributed by atoms with van der Waals surface area (Å²) in [5.41, 5.74) is 10.5. The maximum absolute atomic E-state index is 10.6. The van der Waals surface area contributed by atoms with Crippen LogP contribution in [0.15, 0.2) is 0 Å². The topological polar surface area (TPSA) is 94.9 Å². The Hall–Kier alpha value is -1.01. The van der Waals surface area contributed by atoms with Crippen molar-refractivity contribution in [2.45, 2.75) is 19.4 Å². The van der Waals surface area contributed by atoms with Gasteiger partial charge in [-0.05, 0) is 6.92 Å². The molecule has 0 radical (unpaired) electrons. The first-order valence-electron chi connectivity index (χ1n) is 3.47. The van der Waals surface area contributed by atoms with Crippen LogP contribution in [0, 0.1) is 0 Å². The minimum absolute atomic E-state index is 0.0266. The van der Waals surface area contributed by atoms with Crippen LogP contribution in [-0.4, -0.2) is 22.1 Å². The Morgan fingerprint density at radius 1 is 1.67 bits per heavy atom. The summed E-state index contributed by atoms with van der Waals surface area (Å²) < 4.78 is 0. The molecular formula is C6H10N4OS. The van der Waals surface area contributed by atoms with Gasteiger partial charge in [-0.25, -0.2) is 0 Å². The van der Waals surface area contributed by atoms with E-state index in [-0.39, 0.29) is 11.0 Å². The summed E-state index contributed by atoms with van der Waals surface area (Å²) in [6, 6.07) is 0.0266. The molecule has 1 unspecified atom stereocenters. The van der Waals surface area contributed by atoms with Gasteiger partial charge in [-0.3, -0.25) is 4.79 Å². The molecule has 0 spiro atoms. The second kappa shape index (κ2) is 3.59. The quantitative estimate of drug-likeness (QED) is 0.667. The number of carbonyl (C=O) groups excluding carboxylic acids is 1. The second-order valence-electron chi connectivity index (χ2n) is 2.55. The summed E-state index contributed by atoms with van der Waals surface area (Å²) in [6.45, 7) is 1.87. The highest BCUT2D eigenvalue weighted by Crippen LogP contribution is 2.10. The molecule has 0 saturated carbocycles. The third kappa shape index (κ3) is 2.24. The molecular weight excluding hydrogens is 176 g/mol. The van der Waals surface area contributed by atoms with Crippen molar-refractivity contribution in [2.24, 2.45) is 11.5 Å². The van der Waals surface area contributed by atoms with Gasteiger partial charge in [-0.1, -0.05) is 11.3 Å². The predicted octanol–water partition coefficient (Wildman–Crippen LogP) is -0.473. The van der Waals surface area contributed by atoms with Crippen molar-refractivity contribution in [3.63, 3.8) is 0 Å². The molecule has 12 heavy (non-hydrogen) atoms. The molecule has 1 aromatic rings. The molecule has 0 fully saturated rings. The molecule has 6 heteroatoms. The average molecular weight is 186 g/mol. The fourth-order valence-corrected chi connectivity index (χ4v) is 1.54. The molecule has 1 amide bonds. The van der Waals surface area contributed by atoms with E-state index < -0.39 is 5.91 Å². The molecule has 5 nitrogen and oxygen atoms in total. The van der Waals surface area contributed by atoms with Crippen molar-refractivity contribution in [3.05, 3.63) is 10.0 Å². The first-order valence-corrected chi connectivity index (χ1v) is 4.29. The maximum Gasteiger partial charge on any atom is 0.279 e. The number of primary amides is 1. The highest BCUT2D eigenvalue weighted by atomic mass is 32.1. The van der Waals surface area contributed by atoms with Gasteiger partial charge in [0, 0.05) is 12.5 Å². The Bertz CT molecular complexity index is 283. The molecule has 1 aromatic heterocycles. The van der Waals surface area contributed by atoms with E-state index in [1.807, 2.05) is 6.92 Å². The minimum Gasteiger partial charge on any atom is -0.363 e. The Morgan fingerprint density at radius 3 is 2.75 bits per heavy atom. The number of hydrogen-bond acceptors (Lipinski definition) is 5. The summed E-state index contributed by atoms with van der Waals surface area (Å²) in [5.74, 6) is -0.538. The number of aromatic nitrogens is 2. The standard InChI is InChI=1S/C6H10N4OS/c1-3(7)2-4-9-10-6(12-4)5(8)11/h3H,2,7H2,1H3,(H2,8,11). The zero-order valence-electron chi connectivity index (χ0n) is 6.65. The van der Waals surface area contributed by atoms with Crippen LogP contribution >= 0.6 is 11.3 Å². The zero-order valence-corrected chi connectivity index (χ0v) is 7.47. The number of carbonyl (C=O) groups is 1. The van der Waals surface area contributed by atoms with Crippen molar-refractivity contribution in [1.29, 1.82) is 0 Å². The van der Waals surface area contributed by atoms with Crippen LogP contribution in [0.1, 0.15) is 21.7 Å². The van der Waals surface area contributed by atoms with Crippen molar-refractivity contribution in [3.8, 4) is 0 Å². The van der Waals surface area contributed by atoms with Gasteiger partial charge in [0.1, 0.15) is 5.01 Å². The van der Waals surface area contributed by atoms with Crippen molar-refractivity contribution in [2.75, 3.05) is 0 Å². The normalized spacial score (nSPS) is 12.8. The second-order valence-corrected chi connectivity index (χ2v) is 3.61. The Morgan fingerprint density at radius 2 is 2.33 bits per heavy atom. The van der Waals surface area contributed by atoms with E-state index in [0.29, 0.717) is 6.42 Å². The Kier molecular flexibility index (Phi) is 2.72. The van der Waals surface area contributed by atoms with Crippen molar-refractivity contribution >= 4 is 17.2 Å². The third-order valence-electron chi connectivity index (χ3n) is 1.17. The summed E-state index contributed by atoms with van der Waals surface area (Å²) in [5, 5.41) is 8.36. The van der Waals surface area contributed by atoms with Gasteiger partial charge in [0.2, 0.25) is 5.01 Å². The molecule has 4 N–H and O–H groups in total. The highest BCUT2D eigenvalue weighted by Gasteiger charge is 2.09. The van der Waals surface area contributed by atoms with E-state index >= 15 is 0 Å². The van der Waals surface area contributed by atoms with E-state index in [4.69, 9.17) is 11.5 Å². The van der Waals surface area contributed by atoms with Gasteiger partial charge in [0.05, 0.1) is 0 Å². The minimum atomic E-state index is -0.538. The monoisotopic (exact) mass is 186 g/mol. The molecule has 1 rings (SSSR count). The van der Waals surface area contributed by atoms with Gasteiger partial charge in [0.25, 0.3) is 5.91 Å². The summed E-state index contributed by atoms with van der Waals surface area (Å²) in [6.07, 6.45) is 0.630. The fraction of sp³-hybridized carbons (Fsp3) is 0.500. The summed E-state index contributed by atoms with van der Waals surface area (Å²) in [4.78, 5) is 10.6. The molecule has 0 aliphatic heterocycles. The van der Waals surface area contributed by atoms with Gasteiger partial charge in [0.15, 0.2) is 0 Å². The SMILES string of the molecule is CC(N)Cc1nnc(C(N)=O)s1. The fourth-order valence-electron chi connectivity index (χ4n) is 0.711. The number of amides is 1. The molecule has 1 atom stereocenters. The molecule has 0 saturated heterocycles. The molecule has 0 aliphatic carbocycles. The Labute approximate surface area is 73.8 Å². The van der Waals surface area contributed by atoms with Gasteiger partial charge in [-0.2, -0.15) is 0 Å². The van der Waals surface area contributed by atoms with Crippen LogP contribution in [-0.2, 0) is 6.42 Å². The van der Waals surface area contributed by atoms with Crippen LogP contribution < -0.4 is 11.5 Å². The Balaban J connectivity index is 2.71. The number of rotatable bonds is 3. The van der Waals surface area contributed by atoms with Crippen LogP contribution in [0.25, 0.3) is 0 Å². The van der Waals surface area contributed by atoms with E-state index in [2.05, 4.69) is 10.2 Å². The third-order valence-corrected chi connectivity index (χ3v) is 2.13. The van der Waals surface area contributed by atoms with E-state index in [9.17, 15) is 4.79 Å². The van der Waals surface area contributed by atoms with Gasteiger partial charge in [-0.15, -0.1) is 10.2 Å². The van der Waals surface area contributed by atoms with E-state index in [1.54, 1.807) is 0 Å². The average Bonchev–Trinajstić information content (AvgIpc) is 2.34. The van der Waals surface area contributed by atoms with Gasteiger partial charge >= 0.3 is 0 Å². The molecule has 1 heterocycles. The lowest BCUT2D eigenvalue weighted by Crippen LogP contribution is -2.17. The van der Waals surface area contributed by atoms with E-state index in [1.165, 1.54) is 11.3 Å². The molecule has 0 aromatic carbocycles. The highest BCUT2D eigenvalue weighted by molar-refractivity contribution is 7.13.